The Bertz CT molecular complexity index is 711. The topological polar surface area (TPSA) is 91.5 Å². The van der Waals surface area contributed by atoms with Crippen LogP contribution in [0.2, 0.25) is 0 Å². The van der Waals surface area contributed by atoms with E-state index in [1.165, 1.54) is 37.1 Å². The van der Waals surface area contributed by atoms with Crippen molar-refractivity contribution < 1.29 is 21.8 Å². The molecule has 2 aromatic rings. The monoisotopic (exact) mass is 316 g/mol. The van der Waals surface area contributed by atoms with E-state index < -0.39 is 10.1 Å². The van der Waals surface area contributed by atoms with Crippen molar-refractivity contribution in [1.82, 2.24) is 10.2 Å². The van der Waals surface area contributed by atoms with Gasteiger partial charge < -0.3 is 9.15 Å². The molecule has 0 aliphatic rings. The first-order valence-electron chi connectivity index (χ1n) is 5.38. The lowest BCUT2D eigenvalue weighted by Crippen LogP contribution is -2.05. The van der Waals surface area contributed by atoms with Gasteiger partial charge in [-0.15, -0.1) is 10.2 Å². The molecule has 1 aromatic heterocycles. The quantitative estimate of drug-likeness (QED) is 0.609. The third-order valence-electron chi connectivity index (χ3n) is 2.49. The van der Waals surface area contributed by atoms with E-state index >= 15 is 0 Å². The fourth-order valence-electron chi connectivity index (χ4n) is 1.51. The summed E-state index contributed by atoms with van der Waals surface area (Å²) in [5.74, 6) is 0.558. The zero-order chi connectivity index (χ0) is 14.8. The van der Waals surface area contributed by atoms with Gasteiger partial charge in [0.05, 0.1) is 19.8 Å². The summed E-state index contributed by atoms with van der Waals surface area (Å²) in [6.07, 6.45) is 1.77. The predicted molar refractivity (Wildman–Crippen MR) is 72.3 cm³/mol. The van der Waals surface area contributed by atoms with Crippen LogP contribution >= 0.6 is 11.8 Å². The number of nitrogens with zero attached hydrogens (tertiary/aromatic N) is 2. The molecule has 0 unspecified atom stereocenters. The molecule has 2 rings (SSSR count). The second-order valence-corrected chi connectivity index (χ2v) is 6.00. The van der Waals surface area contributed by atoms with Crippen molar-refractivity contribution in [2.75, 3.05) is 20.5 Å². The lowest BCUT2D eigenvalue weighted by molar-refractivity contribution is 0.396. The van der Waals surface area contributed by atoms with E-state index in [1.54, 1.807) is 6.26 Å². The van der Waals surface area contributed by atoms with Gasteiger partial charge in [-0.1, -0.05) is 11.8 Å². The van der Waals surface area contributed by atoms with Crippen molar-refractivity contribution in [3.63, 3.8) is 0 Å². The third kappa shape index (κ3) is 2.79. The highest BCUT2D eigenvalue weighted by Crippen LogP contribution is 2.32. The van der Waals surface area contributed by atoms with Gasteiger partial charge in [-0.05, 0) is 24.5 Å². The van der Waals surface area contributed by atoms with Crippen LogP contribution in [0.25, 0.3) is 11.5 Å². The average molecular weight is 316 g/mol. The summed E-state index contributed by atoms with van der Waals surface area (Å²) in [4.78, 5) is -0.0582. The van der Waals surface area contributed by atoms with E-state index in [4.69, 9.17) is 9.15 Å². The fraction of sp³-hybridized carbons (Fsp3) is 0.273. The van der Waals surface area contributed by atoms with Gasteiger partial charge in [0.1, 0.15) is 10.6 Å². The average Bonchev–Trinajstić information content (AvgIpc) is 2.95. The summed E-state index contributed by atoms with van der Waals surface area (Å²) >= 11 is 1.26. The zero-order valence-electron chi connectivity index (χ0n) is 11.0. The van der Waals surface area contributed by atoms with Crippen LogP contribution in [-0.2, 0) is 14.3 Å². The minimum atomic E-state index is -3.89. The molecule has 108 valence electrons. The Morgan fingerprint density at radius 1 is 1.25 bits per heavy atom. The van der Waals surface area contributed by atoms with Gasteiger partial charge in [-0.3, -0.25) is 4.18 Å². The van der Waals surface area contributed by atoms with Gasteiger partial charge in [-0.25, -0.2) is 0 Å². The Morgan fingerprint density at radius 3 is 2.55 bits per heavy atom. The third-order valence-corrected chi connectivity index (χ3v) is 4.33. The van der Waals surface area contributed by atoms with Crippen molar-refractivity contribution in [2.24, 2.45) is 0 Å². The molecule has 0 fully saturated rings. The number of ether oxygens (including phenoxy) is 1. The SMILES string of the molecule is COc1ccc(S(=O)(=O)OC)c(-c2nnc(SC)o2)c1. The van der Waals surface area contributed by atoms with Crippen molar-refractivity contribution in [3.8, 4) is 17.2 Å². The van der Waals surface area contributed by atoms with Gasteiger partial charge in [0.2, 0.25) is 5.89 Å². The van der Waals surface area contributed by atoms with Crippen LogP contribution in [0.4, 0.5) is 0 Å². The molecule has 0 N–H and O–H groups in total. The lowest BCUT2D eigenvalue weighted by atomic mass is 10.2. The van der Waals surface area contributed by atoms with Crippen molar-refractivity contribution >= 4 is 21.9 Å². The number of rotatable bonds is 5. The molecule has 1 heterocycles. The highest BCUT2D eigenvalue weighted by Gasteiger charge is 2.23. The van der Waals surface area contributed by atoms with Gasteiger partial charge >= 0.3 is 0 Å². The lowest BCUT2D eigenvalue weighted by Gasteiger charge is -2.08. The highest BCUT2D eigenvalue weighted by atomic mass is 32.2. The Kier molecular flexibility index (Phi) is 4.31. The van der Waals surface area contributed by atoms with Gasteiger partial charge in [0.15, 0.2) is 0 Å². The largest absolute Gasteiger partial charge is 0.497 e. The maximum absolute atomic E-state index is 11.9. The van der Waals surface area contributed by atoms with Crippen molar-refractivity contribution in [1.29, 1.82) is 0 Å². The molecular formula is C11H12N2O5S2. The molecular weight excluding hydrogens is 304 g/mol. The van der Waals surface area contributed by atoms with Gasteiger partial charge in [0.25, 0.3) is 15.3 Å². The minimum absolute atomic E-state index is 0.0582. The maximum atomic E-state index is 11.9. The fourth-order valence-corrected chi connectivity index (χ4v) is 2.63. The Balaban J connectivity index is 2.64. The number of benzene rings is 1. The number of hydrogen-bond acceptors (Lipinski definition) is 8. The second kappa shape index (κ2) is 5.81. The standard InChI is InChI=1S/C11H12N2O5S2/c1-16-7-4-5-9(20(14,15)17-2)8(6-7)10-12-13-11(18-10)19-3/h4-6H,1-3H3. The minimum Gasteiger partial charge on any atom is -0.497 e. The molecule has 0 atom stereocenters. The van der Waals surface area contributed by atoms with E-state index in [0.717, 1.165) is 7.11 Å². The molecule has 0 aliphatic heterocycles. The number of aromatic nitrogens is 2. The second-order valence-electron chi connectivity index (χ2n) is 3.56. The Labute approximate surface area is 120 Å². The van der Waals surface area contributed by atoms with Crippen LogP contribution < -0.4 is 4.74 Å². The molecule has 0 saturated heterocycles. The molecule has 0 bridgehead atoms. The van der Waals surface area contributed by atoms with Crippen LogP contribution in [0.15, 0.2) is 32.7 Å². The van der Waals surface area contributed by atoms with E-state index in [-0.39, 0.29) is 16.3 Å². The normalized spacial score (nSPS) is 11.6. The molecule has 0 amide bonds. The first kappa shape index (κ1) is 14.8. The predicted octanol–water partition coefficient (Wildman–Crippen LogP) is 1.80. The van der Waals surface area contributed by atoms with Crippen LogP contribution in [0.5, 0.6) is 5.75 Å². The molecule has 0 radical (unpaired) electrons. The van der Waals surface area contributed by atoms with Crippen LogP contribution in [0.1, 0.15) is 0 Å². The number of thioether (sulfide) groups is 1. The van der Waals surface area contributed by atoms with E-state index in [1.807, 2.05) is 0 Å². The Hall–Kier alpha value is -1.58. The van der Waals surface area contributed by atoms with Gasteiger partial charge in [0, 0.05) is 0 Å². The summed E-state index contributed by atoms with van der Waals surface area (Å²) < 4.78 is 38.8. The molecule has 20 heavy (non-hydrogen) atoms. The summed E-state index contributed by atoms with van der Waals surface area (Å²) in [6, 6.07) is 4.39. The summed E-state index contributed by atoms with van der Waals surface area (Å²) in [6.45, 7) is 0. The first-order chi connectivity index (χ1) is 9.51. The summed E-state index contributed by atoms with van der Waals surface area (Å²) in [5, 5.41) is 7.95. The first-order valence-corrected chi connectivity index (χ1v) is 8.01. The van der Waals surface area contributed by atoms with Crippen LogP contribution in [0.3, 0.4) is 0 Å². The smallest absolute Gasteiger partial charge is 0.297 e. The highest BCUT2D eigenvalue weighted by molar-refractivity contribution is 7.98. The van der Waals surface area contributed by atoms with Crippen LogP contribution in [0, 0.1) is 0 Å². The molecule has 0 spiro atoms. The molecule has 7 nitrogen and oxygen atoms in total. The van der Waals surface area contributed by atoms with E-state index in [0.29, 0.717) is 11.0 Å². The Morgan fingerprint density at radius 2 is 2.00 bits per heavy atom. The molecule has 1 aromatic carbocycles. The van der Waals surface area contributed by atoms with Gasteiger partial charge in [-0.2, -0.15) is 8.42 Å². The molecule has 9 heteroatoms. The maximum Gasteiger partial charge on any atom is 0.297 e. The number of hydrogen-bond donors (Lipinski definition) is 0. The van der Waals surface area contributed by atoms with Crippen molar-refractivity contribution in [2.45, 2.75) is 10.1 Å². The summed E-state index contributed by atoms with van der Waals surface area (Å²) in [7, 11) is -1.32. The van der Waals surface area contributed by atoms with Crippen molar-refractivity contribution in [3.05, 3.63) is 18.2 Å². The zero-order valence-corrected chi connectivity index (χ0v) is 12.6. The molecule has 0 aliphatic carbocycles. The molecule has 0 saturated carbocycles. The number of methoxy groups -OCH3 is 1. The van der Waals surface area contributed by atoms with E-state index in [9.17, 15) is 8.42 Å². The summed E-state index contributed by atoms with van der Waals surface area (Å²) in [5.41, 5.74) is 0.235. The van der Waals surface area contributed by atoms with E-state index in [2.05, 4.69) is 14.4 Å². The van der Waals surface area contributed by atoms with Crippen LogP contribution in [-0.4, -0.2) is 39.1 Å².